The van der Waals surface area contributed by atoms with E-state index < -0.39 is 5.72 Å². The van der Waals surface area contributed by atoms with Crippen LogP contribution in [-0.4, -0.2) is 28.5 Å². The molecular weight excluding hydrogens is 364 g/mol. The number of benzene rings is 1. The second kappa shape index (κ2) is 6.84. The molecule has 2 aliphatic heterocycles. The van der Waals surface area contributed by atoms with Crippen LogP contribution >= 0.6 is 0 Å². The number of nitrogens with zero attached hydrogens (tertiary/aromatic N) is 2. The van der Waals surface area contributed by atoms with Crippen LogP contribution in [0.3, 0.4) is 0 Å². The lowest BCUT2D eigenvalue weighted by Gasteiger charge is -2.37. The minimum Gasteiger partial charge on any atom is -0.467 e. The average Bonchev–Trinajstić information content (AvgIpc) is 3.40. The third kappa shape index (κ3) is 2.86. The SMILES string of the molecule is CC(C)[C@@H]1N=C2C[C@H](c3ccccc3)[C@@H](C)[C@@H]3C[C@@]2(O1)N(Cc1ccco1)C3=O. The van der Waals surface area contributed by atoms with Crippen molar-refractivity contribution in [3.63, 3.8) is 0 Å². The molecule has 1 saturated carbocycles. The van der Waals surface area contributed by atoms with Gasteiger partial charge in [-0.2, -0.15) is 0 Å². The molecule has 1 amide bonds. The summed E-state index contributed by atoms with van der Waals surface area (Å²) in [6, 6.07) is 14.3. The Morgan fingerprint density at radius 3 is 2.66 bits per heavy atom. The lowest BCUT2D eigenvalue weighted by Crippen LogP contribution is -2.52. The van der Waals surface area contributed by atoms with Crippen LogP contribution < -0.4 is 0 Å². The van der Waals surface area contributed by atoms with Crippen LogP contribution in [0.4, 0.5) is 0 Å². The Morgan fingerprint density at radius 1 is 1.17 bits per heavy atom. The number of carbonyl (C=O) groups excluding carboxylic acids is 1. The summed E-state index contributed by atoms with van der Waals surface area (Å²) in [6.07, 6.45) is 2.95. The van der Waals surface area contributed by atoms with Crippen LogP contribution in [0.5, 0.6) is 0 Å². The van der Waals surface area contributed by atoms with E-state index in [-0.39, 0.29) is 35.8 Å². The van der Waals surface area contributed by atoms with E-state index >= 15 is 0 Å². The molecule has 1 aromatic carbocycles. The molecule has 5 nitrogen and oxygen atoms in total. The van der Waals surface area contributed by atoms with Crippen LogP contribution in [0.25, 0.3) is 0 Å². The Morgan fingerprint density at radius 2 is 1.97 bits per heavy atom. The third-order valence-electron chi connectivity index (χ3n) is 6.94. The van der Waals surface area contributed by atoms with E-state index in [4.69, 9.17) is 14.1 Å². The number of amides is 1. The van der Waals surface area contributed by atoms with E-state index in [1.165, 1.54) is 5.56 Å². The molecule has 1 aliphatic carbocycles. The highest BCUT2D eigenvalue weighted by Gasteiger charge is 2.62. The van der Waals surface area contributed by atoms with Crippen molar-refractivity contribution >= 4 is 11.6 Å². The summed E-state index contributed by atoms with van der Waals surface area (Å²) in [7, 11) is 0. The standard InChI is InChI=1S/C24H28N2O3/c1-15(2)22-25-21-12-19(17-8-5-4-6-9-17)16(3)20-13-24(21,29-22)26(23(20)27)14-18-10-7-11-28-18/h4-11,15-16,19-20,22H,12-14H2,1-3H3/t16-,19+,20+,22-,24+/m1/s1. The summed E-state index contributed by atoms with van der Waals surface area (Å²) in [5, 5.41) is 0. The zero-order valence-electron chi connectivity index (χ0n) is 17.2. The van der Waals surface area contributed by atoms with Crippen molar-refractivity contribution < 1.29 is 13.9 Å². The summed E-state index contributed by atoms with van der Waals surface area (Å²) >= 11 is 0. The fourth-order valence-corrected chi connectivity index (χ4v) is 5.28. The number of carbonyl (C=O) groups is 1. The summed E-state index contributed by atoms with van der Waals surface area (Å²) in [6.45, 7) is 6.89. The molecule has 2 aromatic rings. The van der Waals surface area contributed by atoms with Gasteiger partial charge in [0.15, 0.2) is 12.0 Å². The maximum Gasteiger partial charge on any atom is 0.229 e. The predicted octanol–water partition coefficient (Wildman–Crippen LogP) is 4.60. The van der Waals surface area contributed by atoms with Gasteiger partial charge in [-0.25, -0.2) is 0 Å². The number of hydrogen-bond acceptors (Lipinski definition) is 4. The van der Waals surface area contributed by atoms with E-state index in [9.17, 15) is 4.79 Å². The van der Waals surface area contributed by atoms with Gasteiger partial charge in [-0.05, 0) is 36.0 Å². The molecule has 3 aliphatic rings. The summed E-state index contributed by atoms with van der Waals surface area (Å²) in [5.74, 6) is 1.61. The van der Waals surface area contributed by atoms with E-state index in [2.05, 4.69) is 45.0 Å². The van der Waals surface area contributed by atoms with Gasteiger partial charge in [0, 0.05) is 18.3 Å². The molecule has 1 aromatic heterocycles. The highest BCUT2D eigenvalue weighted by atomic mass is 16.6. The topological polar surface area (TPSA) is 55.0 Å². The van der Waals surface area contributed by atoms with Crippen molar-refractivity contribution in [1.82, 2.24) is 4.90 Å². The first-order valence-corrected chi connectivity index (χ1v) is 10.6. The fourth-order valence-electron chi connectivity index (χ4n) is 5.28. The second-order valence-corrected chi connectivity index (χ2v) is 9.01. The maximum atomic E-state index is 13.6. The average molecular weight is 392 g/mol. The summed E-state index contributed by atoms with van der Waals surface area (Å²) < 4.78 is 12.2. The van der Waals surface area contributed by atoms with Crippen molar-refractivity contribution in [2.24, 2.45) is 22.7 Å². The molecule has 5 heteroatoms. The lowest BCUT2D eigenvalue weighted by molar-refractivity contribution is -0.154. The van der Waals surface area contributed by atoms with Gasteiger partial charge in [0.05, 0.1) is 18.5 Å². The van der Waals surface area contributed by atoms with Crippen molar-refractivity contribution in [3.8, 4) is 0 Å². The first-order valence-electron chi connectivity index (χ1n) is 10.6. The molecule has 0 unspecified atom stereocenters. The Kier molecular flexibility index (Phi) is 4.39. The largest absolute Gasteiger partial charge is 0.467 e. The number of ether oxygens (including phenoxy) is 1. The molecule has 2 fully saturated rings. The van der Waals surface area contributed by atoms with Crippen LogP contribution in [-0.2, 0) is 16.1 Å². The van der Waals surface area contributed by atoms with Gasteiger partial charge in [-0.15, -0.1) is 0 Å². The quantitative estimate of drug-likeness (QED) is 0.764. The van der Waals surface area contributed by atoms with Gasteiger partial charge in [-0.1, -0.05) is 51.1 Å². The zero-order valence-corrected chi connectivity index (χ0v) is 17.2. The highest BCUT2D eigenvalue weighted by molar-refractivity contribution is 6.01. The minimum absolute atomic E-state index is 0.0752. The van der Waals surface area contributed by atoms with Gasteiger partial charge in [0.2, 0.25) is 5.91 Å². The Bertz CT molecular complexity index is 921. The number of furan rings is 1. The minimum atomic E-state index is -0.735. The van der Waals surface area contributed by atoms with Crippen LogP contribution in [0.15, 0.2) is 58.1 Å². The van der Waals surface area contributed by atoms with E-state index in [0.717, 1.165) is 17.9 Å². The summed E-state index contributed by atoms with van der Waals surface area (Å²) in [4.78, 5) is 20.5. The van der Waals surface area contributed by atoms with E-state index in [0.29, 0.717) is 13.0 Å². The molecule has 0 N–H and O–H groups in total. The highest BCUT2D eigenvalue weighted by Crippen LogP contribution is 2.53. The second-order valence-electron chi connectivity index (χ2n) is 9.01. The molecule has 1 saturated heterocycles. The van der Waals surface area contributed by atoms with E-state index in [1.54, 1.807) is 6.26 Å². The number of rotatable bonds is 4. The monoisotopic (exact) mass is 392 g/mol. The lowest BCUT2D eigenvalue weighted by atomic mass is 9.78. The number of hydrogen-bond donors (Lipinski definition) is 0. The van der Waals surface area contributed by atoms with Gasteiger partial charge in [0.25, 0.3) is 0 Å². The molecule has 5 rings (SSSR count). The molecule has 152 valence electrons. The molecule has 1 spiro atoms. The van der Waals surface area contributed by atoms with Crippen molar-refractivity contribution in [1.29, 1.82) is 0 Å². The molecule has 5 atom stereocenters. The van der Waals surface area contributed by atoms with Crippen LogP contribution in [0, 0.1) is 17.8 Å². The smallest absolute Gasteiger partial charge is 0.229 e. The summed E-state index contributed by atoms with van der Waals surface area (Å²) in [5.41, 5.74) is 1.57. The van der Waals surface area contributed by atoms with Gasteiger partial charge in [-0.3, -0.25) is 9.79 Å². The van der Waals surface area contributed by atoms with Crippen LogP contribution in [0.1, 0.15) is 50.9 Å². The molecule has 2 bridgehead atoms. The molecule has 3 heterocycles. The zero-order chi connectivity index (χ0) is 20.2. The van der Waals surface area contributed by atoms with Gasteiger partial charge >= 0.3 is 0 Å². The normalized spacial score (nSPS) is 33.7. The Hall–Kier alpha value is -2.40. The first-order chi connectivity index (χ1) is 14.0. The Labute approximate surface area is 171 Å². The van der Waals surface area contributed by atoms with Gasteiger partial charge < -0.3 is 14.1 Å². The van der Waals surface area contributed by atoms with Crippen LogP contribution in [0.2, 0.25) is 0 Å². The predicted molar refractivity (Wildman–Crippen MR) is 110 cm³/mol. The molecule has 29 heavy (non-hydrogen) atoms. The number of likely N-dealkylation sites (tertiary alicyclic amines) is 1. The third-order valence-corrected chi connectivity index (χ3v) is 6.94. The van der Waals surface area contributed by atoms with Crippen molar-refractivity contribution in [3.05, 3.63) is 60.1 Å². The molecular formula is C24H28N2O3. The maximum absolute atomic E-state index is 13.6. The fraction of sp³-hybridized carbons (Fsp3) is 0.500. The first kappa shape index (κ1) is 18.6. The van der Waals surface area contributed by atoms with E-state index in [1.807, 2.05) is 23.1 Å². The number of aliphatic imine (C=N–C) groups is 1. The van der Waals surface area contributed by atoms with Crippen molar-refractivity contribution in [2.45, 2.75) is 58.0 Å². The molecule has 0 radical (unpaired) electrons. The van der Waals surface area contributed by atoms with Gasteiger partial charge in [0.1, 0.15) is 5.76 Å². The van der Waals surface area contributed by atoms with Crippen molar-refractivity contribution in [2.75, 3.05) is 0 Å². The Balaban J connectivity index is 1.58. The number of fused-ring (bicyclic) bond motifs is 1.